The maximum Gasteiger partial charge on any atom is 0.326 e. The molecule has 0 amide bonds. The van der Waals surface area contributed by atoms with E-state index in [0.717, 1.165) is 18.8 Å². The summed E-state index contributed by atoms with van der Waals surface area (Å²) in [4.78, 5) is 20.3. The van der Waals surface area contributed by atoms with Crippen molar-refractivity contribution >= 4 is 11.9 Å². The lowest BCUT2D eigenvalue weighted by atomic mass is 10.0. The average Bonchev–Trinajstić information content (AvgIpc) is 2.61. The van der Waals surface area contributed by atoms with Gasteiger partial charge in [-0.3, -0.25) is 0 Å². The molecule has 2 atom stereocenters. The van der Waals surface area contributed by atoms with Gasteiger partial charge >= 0.3 is 5.97 Å². The molecule has 1 saturated heterocycles. The van der Waals surface area contributed by atoms with Crippen LogP contribution in [0.3, 0.4) is 0 Å². The van der Waals surface area contributed by atoms with Gasteiger partial charge in [-0.15, -0.1) is 0 Å². The topological polar surface area (TPSA) is 66.3 Å². The Hall–Kier alpha value is -1.72. The Morgan fingerprint density at radius 2 is 2.19 bits per heavy atom. The number of aromatic nitrogens is 2. The maximum atomic E-state index is 12.6. The van der Waals surface area contributed by atoms with E-state index in [-0.39, 0.29) is 11.9 Å². The highest BCUT2D eigenvalue weighted by molar-refractivity contribution is 5.78. The van der Waals surface area contributed by atoms with Gasteiger partial charge in [0.1, 0.15) is 6.04 Å². The molecule has 1 aromatic rings. The van der Waals surface area contributed by atoms with Crippen LogP contribution < -0.4 is 4.90 Å². The van der Waals surface area contributed by atoms with Crippen LogP contribution in [0.15, 0.2) is 12.4 Å². The van der Waals surface area contributed by atoms with Crippen LogP contribution in [0.4, 0.5) is 10.3 Å². The Morgan fingerprint density at radius 1 is 1.56 bits per heavy atom. The lowest BCUT2D eigenvalue weighted by Gasteiger charge is -2.22. The summed E-state index contributed by atoms with van der Waals surface area (Å²) in [5.41, 5.74) is 0. The van der Waals surface area contributed by atoms with Crippen LogP contribution in [0.5, 0.6) is 0 Å². The van der Waals surface area contributed by atoms with Gasteiger partial charge in [0.2, 0.25) is 5.95 Å². The molecule has 0 spiro atoms. The lowest BCUT2D eigenvalue weighted by molar-refractivity contribution is -0.139. The Balaban J connectivity index is 2.26. The van der Waals surface area contributed by atoms with E-state index in [4.69, 9.17) is 5.11 Å². The van der Waals surface area contributed by atoms with E-state index in [9.17, 15) is 9.18 Å². The number of carboxylic acid groups (broad SMARTS) is 1. The Bertz CT molecular complexity index is 396. The number of anilines is 1. The fraction of sp³-hybridized carbons (Fsp3) is 0.500. The standard InChI is InChI=1S/C10H12FN3O2/c1-6-2-3-14(8(6)9(15)16)10-12-4-7(11)5-13-10/h4-6,8H,2-3H2,1H3,(H,15,16). The predicted molar refractivity (Wildman–Crippen MR) is 54.5 cm³/mol. The first-order valence-electron chi connectivity index (χ1n) is 5.06. The van der Waals surface area contributed by atoms with Gasteiger partial charge < -0.3 is 10.0 Å². The van der Waals surface area contributed by atoms with Crippen molar-refractivity contribution in [1.82, 2.24) is 9.97 Å². The number of halogens is 1. The molecule has 1 aliphatic heterocycles. The maximum absolute atomic E-state index is 12.6. The van der Waals surface area contributed by atoms with Crippen LogP contribution in [0.2, 0.25) is 0 Å². The number of carbonyl (C=O) groups is 1. The van der Waals surface area contributed by atoms with E-state index in [2.05, 4.69) is 9.97 Å². The van der Waals surface area contributed by atoms with Crippen molar-refractivity contribution in [3.8, 4) is 0 Å². The molecule has 1 aromatic heterocycles. The van der Waals surface area contributed by atoms with Crippen LogP contribution in [0.25, 0.3) is 0 Å². The van der Waals surface area contributed by atoms with Gasteiger partial charge in [0.25, 0.3) is 0 Å². The van der Waals surface area contributed by atoms with Crippen molar-refractivity contribution in [3.63, 3.8) is 0 Å². The second kappa shape index (κ2) is 4.03. The fourth-order valence-corrected chi connectivity index (χ4v) is 2.00. The van der Waals surface area contributed by atoms with Crippen LogP contribution in [-0.4, -0.2) is 33.6 Å². The summed E-state index contributed by atoms with van der Waals surface area (Å²) in [7, 11) is 0. The molecule has 0 saturated carbocycles. The van der Waals surface area contributed by atoms with Crippen molar-refractivity contribution in [2.24, 2.45) is 5.92 Å². The van der Waals surface area contributed by atoms with Gasteiger partial charge in [-0.25, -0.2) is 19.2 Å². The molecule has 5 nitrogen and oxygen atoms in total. The van der Waals surface area contributed by atoms with E-state index in [1.54, 1.807) is 4.90 Å². The number of carboxylic acids is 1. The Labute approximate surface area is 91.9 Å². The molecule has 0 radical (unpaired) electrons. The molecular formula is C10H12FN3O2. The minimum Gasteiger partial charge on any atom is -0.480 e. The SMILES string of the molecule is CC1CCN(c2ncc(F)cn2)C1C(=O)O. The third kappa shape index (κ3) is 1.82. The smallest absolute Gasteiger partial charge is 0.326 e. The number of rotatable bonds is 2. The molecule has 16 heavy (non-hydrogen) atoms. The highest BCUT2D eigenvalue weighted by atomic mass is 19.1. The summed E-state index contributed by atoms with van der Waals surface area (Å²) in [5, 5.41) is 9.10. The zero-order valence-electron chi connectivity index (χ0n) is 8.80. The molecule has 2 heterocycles. The van der Waals surface area contributed by atoms with Crippen LogP contribution >= 0.6 is 0 Å². The second-order valence-corrected chi connectivity index (χ2v) is 3.94. The molecular weight excluding hydrogens is 213 g/mol. The van der Waals surface area contributed by atoms with Crippen molar-refractivity contribution in [2.45, 2.75) is 19.4 Å². The van der Waals surface area contributed by atoms with Gasteiger partial charge in [-0.05, 0) is 12.3 Å². The zero-order valence-corrected chi connectivity index (χ0v) is 8.80. The normalized spacial score (nSPS) is 24.8. The highest BCUT2D eigenvalue weighted by Gasteiger charge is 2.38. The third-order valence-corrected chi connectivity index (χ3v) is 2.82. The first-order chi connectivity index (χ1) is 7.59. The van der Waals surface area contributed by atoms with E-state index in [0.29, 0.717) is 6.54 Å². The first kappa shape index (κ1) is 10.8. The summed E-state index contributed by atoms with van der Waals surface area (Å²) in [5.74, 6) is -1.09. The average molecular weight is 225 g/mol. The van der Waals surface area contributed by atoms with Crippen LogP contribution in [0.1, 0.15) is 13.3 Å². The van der Waals surface area contributed by atoms with E-state index >= 15 is 0 Å². The Kier molecular flexibility index (Phi) is 2.72. The monoisotopic (exact) mass is 225 g/mol. The summed E-state index contributed by atoms with van der Waals surface area (Å²) < 4.78 is 12.6. The number of hydrogen-bond acceptors (Lipinski definition) is 4. The lowest BCUT2D eigenvalue weighted by Crippen LogP contribution is -2.39. The molecule has 6 heteroatoms. The molecule has 0 bridgehead atoms. The number of nitrogens with zero attached hydrogens (tertiary/aromatic N) is 3. The predicted octanol–water partition coefficient (Wildman–Crippen LogP) is 0.915. The van der Waals surface area contributed by atoms with Gasteiger partial charge in [0.15, 0.2) is 5.82 Å². The van der Waals surface area contributed by atoms with E-state index < -0.39 is 17.8 Å². The molecule has 1 aliphatic rings. The van der Waals surface area contributed by atoms with Crippen molar-refractivity contribution in [1.29, 1.82) is 0 Å². The molecule has 1 fully saturated rings. The minimum atomic E-state index is -0.891. The third-order valence-electron chi connectivity index (χ3n) is 2.82. The van der Waals surface area contributed by atoms with Crippen molar-refractivity contribution in [2.75, 3.05) is 11.4 Å². The molecule has 2 unspecified atom stereocenters. The van der Waals surface area contributed by atoms with Crippen molar-refractivity contribution < 1.29 is 14.3 Å². The van der Waals surface area contributed by atoms with Crippen molar-refractivity contribution in [3.05, 3.63) is 18.2 Å². The molecule has 1 N–H and O–H groups in total. The summed E-state index contributed by atoms with van der Waals surface area (Å²) >= 11 is 0. The van der Waals surface area contributed by atoms with Gasteiger partial charge in [0, 0.05) is 6.54 Å². The summed E-state index contributed by atoms with van der Waals surface area (Å²) in [6.45, 7) is 2.46. The van der Waals surface area contributed by atoms with Gasteiger partial charge in [0.05, 0.1) is 12.4 Å². The Morgan fingerprint density at radius 3 is 2.75 bits per heavy atom. The largest absolute Gasteiger partial charge is 0.480 e. The molecule has 0 aliphatic carbocycles. The summed E-state index contributed by atoms with van der Waals surface area (Å²) in [6.07, 6.45) is 2.87. The highest BCUT2D eigenvalue weighted by Crippen LogP contribution is 2.27. The van der Waals surface area contributed by atoms with E-state index in [1.165, 1.54) is 0 Å². The first-order valence-corrected chi connectivity index (χ1v) is 5.06. The molecule has 2 rings (SSSR count). The van der Waals surface area contributed by atoms with Crippen LogP contribution in [0, 0.1) is 11.7 Å². The second-order valence-electron chi connectivity index (χ2n) is 3.94. The fourth-order valence-electron chi connectivity index (χ4n) is 2.00. The van der Waals surface area contributed by atoms with Crippen LogP contribution in [-0.2, 0) is 4.79 Å². The minimum absolute atomic E-state index is 0.0474. The quantitative estimate of drug-likeness (QED) is 0.810. The number of aliphatic carboxylic acids is 1. The number of hydrogen-bond donors (Lipinski definition) is 1. The summed E-state index contributed by atoms with van der Waals surface area (Å²) in [6, 6.07) is -0.620. The molecule has 86 valence electrons. The van der Waals surface area contributed by atoms with Gasteiger partial charge in [-0.2, -0.15) is 0 Å². The zero-order chi connectivity index (χ0) is 11.7. The van der Waals surface area contributed by atoms with Gasteiger partial charge in [-0.1, -0.05) is 6.92 Å². The molecule has 0 aromatic carbocycles. The van der Waals surface area contributed by atoms with E-state index in [1.807, 2.05) is 6.92 Å².